The van der Waals surface area contributed by atoms with Gasteiger partial charge in [-0.1, -0.05) is 72.8 Å². The first-order valence-corrected chi connectivity index (χ1v) is 16.8. The fraction of sp³-hybridized carbons (Fsp3) is 0.150. The molecule has 256 valence electrons. The predicted molar refractivity (Wildman–Crippen MR) is 211 cm³/mol. The number of aromatic amines is 1. The summed E-state index contributed by atoms with van der Waals surface area (Å²) < 4.78 is 5.64. The molecule has 0 atom stereocenters. The van der Waals surface area contributed by atoms with Gasteiger partial charge in [0.2, 0.25) is 0 Å². The summed E-state index contributed by atoms with van der Waals surface area (Å²) in [4.78, 5) is 28.8. The van der Waals surface area contributed by atoms with Crippen LogP contribution in [0.4, 0.5) is 0 Å². The van der Waals surface area contributed by atoms with E-state index in [1.54, 1.807) is 9.13 Å². The van der Waals surface area contributed by atoms with Gasteiger partial charge >= 0.3 is 0 Å². The van der Waals surface area contributed by atoms with E-state index < -0.39 is 0 Å². The smallest absolute Gasteiger partial charge is 0.258 e. The fourth-order valence-corrected chi connectivity index (χ4v) is 6.10. The average molecular weight is 708 g/mol. The first-order valence-electron chi connectivity index (χ1n) is 16.3. The Morgan fingerprint density at radius 1 is 0.560 bits per heavy atom. The van der Waals surface area contributed by atoms with Crippen LogP contribution < -0.4 is 22.6 Å². The normalized spacial score (nSPS) is 10.8. The van der Waals surface area contributed by atoms with Gasteiger partial charge in [0.25, 0.3) is 11.1 Å². The van der Waals surface area contributed by atoms with Gasteiger partial charge in [-0.3, -0.25) is 9.59 Å². The lowest BCUT2D eigenvalue weighted by Gasteiger charge is -2.10. The summed E-state index contributed by atoms with van der Waals surface area (Å²) in [5.74, 6) is 0.569. The number of aromatic nitrogens is 4. The molecule has 0 unspecified atom stereocenters. The third kappa shape index (κ3) is 7.85. The minimum absolute atomic E-state index is 0. The zero-order chi connectivity index (χ0) is 34.2. The second-order valence-electron chi connectivity index (χ2n) is 11.7. The van der Waals surface area contributed by atoms with Crippen molar-refractivity contribution in [2.75, 3.05) is 19.0 Å². The van der Waals surface area contributed by atoms with Crippen LogP contribution in [0, 0.1) is 0 Å². The van der Waals surface area contributed by atoms with Gasteiger partial charge in [0, 0.05) is 82.6 Å². The standard InChI is InChI=1S/C20H19N3O.C18H14N2O.C2H6ClN.ClH/c21-10-13-22-11-8-16-6-7-18-17(19(16)22)9-12-23(20(18)24)14-15-4-2-1-3-5-15;21-18-16-7-6-14-8-10-19-17(14)15(16)9-11-20(18)12-13-4-2-1-3-5-13;3-1-2-4;/h1-9,11-12H,10,13-14,21H2;1-11,19H,12H2;1-2,4H2;1H. The molecule has 0 saturated carbocycles. The van der Waals surface area contributed by atoms with Crippen LogP contribution in [0.3, 0.4) is 0 Å². The molecule has 4 aromatic carbocycles. The van der Waals surface area contributed by atoms with Gasteiger partial charge in [0.15, 0.2) is 0 Å². The van der Waals surface area contributed by atoms with E-state index in [1.165, 1.54) is 0 Å². The number of rotatable bonds is 7. The molecule has 4 heterocycles. The predicted octanol–water partition coefficient (Wildman–Crippen LogP) is 7.10. The summed E-state index contributed by atoms with van der Waals surface area (Å²) >= 11 is 5.06. The summed E-state index contributed by atoms with van der Waals surface area (Å²) in [6.07, 6.45) is 7.70. The molecule has 0 spiro atoms. The van der Waals surface area contributed by atoms with E-state index >= 15 is 0 Å². The molecular formula is C40H40Cl2N6O2. The maximum atomic E-state index is 12.9. The van der Waals surface area contributed by atoms with Gasteiger partial charge in [-0.2, -0.15) is 0 Å². The SMILES string of the molecule is Cl.NCCCl.NCCn1ccc2ccc3c(=O)n(Cc4ccccc4)ccc3c21.O=c1c2ccc3cc[nH]c3c2ccn1Cc1ccccc1. The first kappa shape index (κ1) is 36.2. The molecule has 4 aromatic heterocycles. The molecule has 10 heteroatoms. The second-order valence-corrected chi connectivity index (χ2v) is 12.1. The summed E-state index contributed by atoms with van der Waals surface area (Å²) in [6.45, 7) is 3.08. The molecule has 0 aliphatic carbocycles. The Hall–Kier alpha value is -5.12. The van der Waals surface area contributed by atoms with Crippen molar-refractivity contribution in [3.8, 4) is 0 Å². The lowest BCUT2D eigenvalue weighted by atomic mass is 10.1. The lowest BCUT2D eigenvalue weighted by Crippen LogP contribution is -2.20. The Kier molecular flexibility index (Phi) is 12.3. The third-order valence-electron chi connectivity index (χ3n) is 8.43. The van der Waals surface area contributed by atoms with Crippen LogP contribution in [0.25, 0.3) is 43.4 Å². The van der Waals surface area contributed by atoms with Gasteiger partial charge in [-0.05, 0) is 47.5 Å². The van der Waals surface area contributed by atoms with E-state index in [0.717, 1.165) is 61.0 Å². The van der Waals surface area contributed by atoms with Crippen molar-refractivity contribution in [1.29, 1.82) is 0 Å². The number of nitrogens with two attached hydrogens (primary N) is 2. The average Bonchev–Trinajstić information content (AvgIpc) is 3.80. The van der Waals surface area contributed by atoms with Crippen molar-refractivity contribution < 1.29 is 0 Å². The number of halogens is 2. The van der Waals surface area contributed by atoms with Crippen LogP contribution in [-0.2, 0) is 19.6 Å². The van der Waals surface area contributed by atoms with Crippen LogP contribution in [0.2, 0.25) is 0 Å². The van der Waals surface area contributed by atoms with Crippen molar-refractivity contribution in [3.63, 3.8) is 0 Å². The second kappa shape index (κ2) is 17.0. The number of nitrogens with one attached hydrogen (secondary N) is 1. The number of nitrogens with zero attached hydrogens (tertiary/aromatic N) is 3. The van der Waals surface area contributed by atoms with Crippen LogP contribution in [-0.4, -0.2) is 37.7 Å². The van der Waals surface area contributed by atoms with Crippen molar-refractivity contribution in [2.45, 2.75) is 19.6 Å². The minimum atomic E-state index is 0. The maximum absolute atomic E-state index is 12.9. The van der Waals surface area contributed by atoms with Gasteiger partial charge in [-0.15, -0.1) is 24.0 Å². The highest BCUT2D eigenvalue weighted by molar-refractivity contribution is 6.18. The number of hydrogen-bond acceptors (Lipinski definition) is 4. The molecule has 0 bridgehead atoms. The first-order chi connectivity index (χ1) is 24.0. The molecule has 50 heavy (non-hydrogen) atoms. The van der Waals surface area contributed by atoms with Crippen LogP contribution in [0.5, 0.6) is 0 Å². The quantitative estimate of drug-likeness (QED) is 0.153. The molecule has 0 aliphatic rings. The maximum Gasteiger partial charge on any atom is 0.258 e. The van der Waals surface area contributed by atoms with Crippen LogP contribution in [0.1, 0.15) is 11.1 Å². The van der Waals surface area contributed by atoms with Crippen molar-refractivity contribution in [1.82, 2.24) is 18.7 Å². The van der Waals surface area contributed by atoms with Crippen LogP contribution >= 0.6 is 24.0 Å². The summed E-state index contributed by atoms with van der Waals surface area (Å²) in [5.41, 5.74) is 15.0. The highest BCUT2D eigenvalue weighted by Gasteiger charge is 2.10. The monoisotopic (exact) mass is 706 g/mol. The molecule has 0 aliphatic heterocycles. The van der Waals surface area contributed by atoms with Gasteiger partial charge < -0.3 is 30.2 Å². The zero-order valence-corrected chi connectivity index (χ0v) is 29.1. The van der Waals surface area contributed by atoms with E-state index in [4.69, 9.17) is 23.1 Å². The highest BCUT2D eigenvalue weighted by Crippen LogP contribution is 2.25. The topological polar surface area (TPSA) is 117 Å². The van der Waals surface area contributed by atoms with E-state index in [2.05, 4.69) is 15.6 Å². The zero-order valence-electron chi connectivity index (χ0n) is 27.5. The van der Waals surface area contributed by atoms with Crippen molar-refractivity contribution in [3.05, 3.63) is 166 Å². The molecule has 8 aromatic rings. The Balaban J connectivity index is 0.000000174. The largest absolute Gasteiger partial charge is 0.361 e. The molecule has 5 N–H and O–H groups in total. The molecule has 0 radical (unpaired) electrons. The summed E-state index contributed by atoms with van der Waals surface area (Å²) in [7, 11) is 0. The number of H-pyrrole nitrogens is 1. The lowest BCUT2D eigenvalue weighted by molar-refractivity contribution is 0.736. The summed E-state index contributed by atoms with van der Waals surface area (Å²) in [6, 6.07) is 36.0. The molecule has 0 fully saturated rings. The van der Waals surface area contributed by atoms with Gasteiger partial charge in [0.1, 0.15) is 0 Å². The molecule has 8 rings (SSSR count). The Morgan fingerprint density at radius 3 is 1.64 bits per heavy atom. The van der Waals surface area contributed by atoms with E-state index in [-0.39, 0.29) is 23.5 Å². The number of alkyl halides is 1. The molecular weight excluding hydrogens is 667 g/mol. The number of hydrogen-bond donors (Lipinski definition) is 3. The van der Waals surface area contributed by atoms with Crippen molar-refractivity contribution in [2.24, 2.45) is 11.5 Å². The molecule has 0 amide bonds. The Morgan fingerprint density at radius 2 is 1.08 bits per heavy atom. The molecule has 8 nitrogen and oxygen atoms in total. The van der Waals surface area contributed by atoms with Gasteiger partial charge in [-0.25, -0.2) is 0 Å². The Bertz CT molecular complexity index is 2430. The Labute approximate surface area is 300 Å². The fourth-order valence-electron chi connectivity index (χ4n) is 6.10. The highest BCUT2D eigenvalue weighted by atomic mass is 35.5. The summed E-state index contributed by atoms with van der Waals surface area (Å²) in [5, 5.41) is 5.73. The minimum Gasteiger partial charge on any atom is -0.361 e. The third-order valence-corrected chi connectivity index (χ3v) is 8.65. The molecule has 0 saturated heterocycles. The van der Waals surface area contributed by atoms with E-state index in [9.17, 15) is 9.59 Å². The van der Waals surface area contributed by atoms with Gasteiger partial charge in [0.05, 0.1) is 24.1 Å². The number of benzene rings is 4. The van der Waals surface area contributed by atoms with E-state index in [1.807, 2.05) is 128 Å². The van der Waals surface area contributed by atoms with E-state index in [0.29, 0.717) is 32.1 Å². The van der Waals surface area contributed by atoms with Crippen LogP contribution in [0.15, 0.2) is 144 Å². The van der Waals surface area contributed by atoms with Crippen molar-refractivity contribution >= 4 is 67.4 Å². The number of pyridine rings is 2. The number of fused-ring (bicyclic) bond motifs is 6.